The lowest BCUT2D eigenvalue weighted by molar-refractivity contribution is -0.121. The zero-order valence-electron chi connectivity index (χ0n) is 12.7. The highest BCUT2D eigenvalue weighted by atomic mass is 19.1. The fourth-order valence-corrected chi connectivity index (χ4v) is 2.20. The van der Waals surface area contributed by atoms with Crippen molar-refractivity contribution in [3.63, 3.8) is 0 Å². The third-order valence-electron chi connectivity index (χ3n) is 3.47. The number of nitrogens with one attached hydrogen (secondary N) is 2. The number of anilines is 1. The maximum atomic E-state index is 12.8. The van der Waals surface area contributed by atoms with Crippen LogP contribution in [0.1, 0.15) is 24.5 Å². The smallest absolute Gasteiger partial charge is 0.222 e. The van der Waals surface area contributed by atoms with Crippen molar-refractivity contribution in [2.75, 3.05) is 11.9 Å². The summed E-state index contributed by atoms with van der Waals surface area (Å²) in [5.74, 6) is -0.292. The summed E-state index contributed by atoms with van der Waals surface area (Å²) in [6.07, 6.45) is 1.36. The lowest BCUT2D eigenvalue weighted by atomic mass is 10.1. The van der Waals surface area contributed by atoms with Gasteiger partial charge in [-0.1, -0.05) is 37.3 Å². The number of rotatable bonds is 7. The van der Waals surface area contributed by atoms with Gasteiger partial charge in [-0.05, 0) is 35.7 Å². The molecular weight excluding hydrogens is 279 g/mol. The summed E-state index contributed by atoms with van der Waals surface area (Å²) < 4.78 is 12.8. The summed E-state index contributed by atoms with van der Waals surface area (Å²) in [7, 11) is 0. The van der Waals surface area contributed by atoms with Gasteiger partial charge < -0.3 is 10.6 Å². The van der Waals surface area contributed by atoms with Crippen LogP contribution in [0.4, 0.5) is 10.1 Å². The zero-order chi connectivity index (χ0) is 15.8. The average molecular weight is 300 g/mol. The first-order valence-electron chi connectivity index (χ1n) is 7.52. The molecule has 116 valence electrons. The van der Waals surface area contributed by atoms with Crippen LogP contribution in [0.15, 0.2) is 48.5 Å². The molecule has 4 heteroatoms. The highest BCUT2D eigenvalue weighted by Gasteiger charge is 2.03. The molecule has 0 unspecified atom stereocenters. The van der Waals surface area contributed by atoms with Gasteiger partial charge in [-0.2, -0.15) is 0 Å². The van der Waals surface area contributed by atoms with E-state index in [4.69, 9.17) is 0 Å². The molecule has 0 aromatic heterocycles. The minimum absolute atomic E-state index is 0.0224. The number of aryl methyl sites for hydroxylation is 1. The molecule has 0 atom stereocenters. The van der Waals surface area contributed by atoms with Crippen molar-refractivity contribution in [1.82, 2.24) is 5.32 Å². The van der Waals surface area contributed by atoms with Gasteiger partial charge in [-0.15, -0.1) is 0 Å². The van der Waals surface area contributed by atoms with Gasteiger partial charge in [0.2, 0.25) is 5.91 Å². The Labute approximate surface area is 130 Å². The van der Waals surface area contributed by atoms with Crippen LogP contribution in [0.3, 0.4) is 0 Å². The molecular formula is C18H21FN2O. The van der Waals surface area contributed by atoms with E-state index >= 15 is 0 Å². The SMILES string of the molecule is CCc1ccccc1NCCC(=O)NCc1ccc(F)cc1. The Bertz CT molecular complexity index is 611. The summed E-state index contributed by atoms with van der Waals surface area (Å²) in [5, 5.41) is 6.12. The number of carbonyl (C=O) groups is 1. The normalized spacial score (nSPS) is 10.3. The molecule has 0 fully saturated rings. The molecule has 0 saturated heterocycles. The average Bonchev–Trinajstić information content (AvgIpc) is 2.55. The number of hydrogen-bond acceptors (Lipinski definition) is 2. The van der Waals surface area contributed by atoms with Crippen LogP contribution < -0.4 is 10.6 Å². The van der Waals surface area contributed by atoms with Gasteiger partial charge in [0.15, 0.2) is 0 Å². The number of carbonyl (C=O) groups excluding carboxylic acids is 1. The fraction of sp³-hybridized carbons (Fsp3) is 0.278. The molecule has 1 amide bonds. The quantitative estimate of drug-likeness (QED) is 0.821. The maximum Gasteiger partial charge on any atom is 0.222 e. The van der Waals surface area contributed by atoms with Gasteiger partial charge >= 0.3 is 0 Å². The van der Waals surface area contributed by atoms with Crippen molar-refractivity contribution >= 4 is 11.6 Å². The summed E-state index contributed by atoms with van der Waals surface area (Å²) in [4.78, 5) is 11.8. The topological polar surface area (TPSA) is 41.1 Å². The van der Waals surface area contributed by atoms with Gasteiger partial charge in [-0.25, -0.2) is 4.39 Å². The van der Waals surface area contributed by atoms with Gasteiger partial charge in [0, 0.05) is 25.2 Å². The lowest BCUT2D eigenvalue weighted by Crippen LogP contribution is -2.25. The molecule has 0 aliphatic carbocycles. The maximum absolute atomic E-state index is 12.8. The van der Waals surface area contributed by atoms with E-state index in [0.29, 0.717) is 19.5 Å². The van der Waals surface area contributed by atoms with Crippen LogP contribution in [0.2, 0.25) is 0 Å². The van der Waals surface area contributed by atoms with Crippen molar-refractivity contribution in [1.29, 1.82) is 0 Å². The predicted molar refractivity (Wildman–Crippen MR) is 87.2 cm³/mol. The second-order valence-electron chi connectivity index (χ2n) is 5.09. The number of halogens is 1. The Morgan fingerprint density at radius 2 is 1.82 bits per heavy atom. The first-order chi connectivity index (χ1) is 10.7. The van der Waals surface area contributed by atoms with Crippen LogP contribution in [-0.4, -0.2) is 12.5 Å². The van der Waals surface area contributed by atoms with Crippen LogP contribution in [0, 0.1) is 5.82 Å². The van der Waals surface area contributed by atoms with Crippen molar-refractivity contribution < 1.29 is 9.18 Å². The van der Waals surface area contributed by atoms with Crippen molar-refractivity contribution in [3.8, 4) is 0 Å². The van der Waals surface area contributed by atoms with Crippen molar-refractivity contribution in [3.05, 3.63) is 65.5 Å². The van der Waals surface area contributed by atoms with Gasteiger partial charge in [0.05, 0.1) is 0 Å². The molecule has 0 bridgehead atoms. The van der Waals surface area contributed by atoms with E-state index in [0.717, 1.165) is 17.7 Å². The molecule has 2 aromatic rings. The summed E-state index contributed by atoms with van der Waals surface area (Å²) in [6, 6.07) is 14.2. The highest BCUT2D eigenvalue weighted by Crippen LogP contribution is 2.15. The molecule has 0 aliphatic rings. The van der Waals surface area contributed by atoms with E-state index in [-0.39, 0.29) is 11.7 Å². The molecule has 0 heterocycles. The molecule has 0 saturated carbocycles. The Kier molecular flexibility index (Phi) is 5.95. The third kappa shape index (κ3) is 4.88. The van der Waals surface area contributed by atoms with Gasteiger partial charge in [0.1, 0.15) is 5.82 Å². The summed E-state index contributed by atoms with van der Waals surface area (Å²) >= 11 is 0. The Morgan fingerprint density at radius 1 is 1.09 bits per heavy atom. The lowest BCUT2D eigenvalue weighted by Gasteiger charge is -2.11. The molecule has 0 aliphatic heterocycles. The summed E-state index contributed by atoms with van der Waals surface area (Å²) in [5.41, 5.74) is 3.21. The minimum Gasteiger partial charge on any atom is -0.384 e. The van der Waals surface area contributed by atoms with E-state index in [9.17, 15) is 9.18 Å². The van der Waals surface area contributed by atoms with E-state index < -0.39 is 0 Å². The van der Waals surface area contributed by atoms with E-state index in [2.05, 4.69) is 23.6 Å². The number of para-hydroxylation sites is 1. The van der Waals surface area contributed by atoms with Crippen LogP contribution in [0.5, 0.6) is 0 Å². The second-order valence-corrected chi connectivity index (χ2v) is 5.09. The van der Waals surface area contributed by atoms with E-state index in [1.807, 2.05) is 18.2 Å². The Hall–Kier alpha value is -2.36. The monoisotopic (exact) mass is 300 g/mol. The Morgan fingerprint density at radius 3 is 2.55 bits per heavy atom. The van der Waals surface area contributed by atoms with Crippen LogP contribution >= 0.6 is 0 Å². The molecule has 2 aromatic carbocycles. The van der Waals surface area contributed by atoms with Crippen molar-refractivity contribution in [2.24, 2.45) is 0 Å². The van der Waals surface area contributed by atoms with Gasteiger partial charge in [-0.3, -0.25) is 4.79 Å². The van der Waals surface area contributed by atoms with Crippen LogP contribution in [-0.2, 0) is 17.8 Å². The van der Waals surface area contributed by atoms with E-state index in [1.165, 1.54) is 17.7 Å². The highest BCUT2D eigenvalue weighted by molar-refractivity contribution is 5.76. The number of benzene rings is 2. The van der Waals surface area contributed by atoms with Gasteiger partial charge in [0.25, 0.3) is 0 Å². The molecule has 2 N–H and O–H groups in total. The largest absolute Gasteiger partial charge is 0.384 e. The predicted octanol–water partition coefficient (Wildman–Crippen LogP) is 3.51. The van der Waals surface area contributed by atoms with E-state index in [1.54, 1.807) is 12.1 Å². The molecule has 22 heavy (non-hydrogen) atoms. The second kappa shape index (κ2) is 8.17. The third-order valence-corrected chi connectivity index (χ3v) is 3.47. The minimum atomic E-state index is -0.270. The molecule has 0 radical (unpaired) electrons. The summed E-state index contributed by atoms with van der Waals surface area (Å²) in [6.45, 7) is 3.12. The zero-order valence-corrected chi connectivity index (χ0v) is 12.7. The Balaban J connectivity index is 1.72. The fourth-order valence-electron chi connectivity index (χ4n) is 2.20. The first kappa shape index (κ1) is 16.0. The number of amides is 1. The molecule has 3 nitrogen and oxygen atoms in total. The first-order valence-corrected chi connectivity index (χ1v) is 7.52. The molecule has 2 rings (SSSR count). The standard InChI is InChI=1S/C18H21FN2O/c1-2-15-5-3-4-6-17(15)20-12-11-18(22)21-13-14-7-9-16(19)10-8-14/h3-10,20H,2,11-13H2,1H3,(H,21,22). The number of hydrogen-bond donors (Lipinski definition) is 2. The van der Waals surface area contributed by atoms with Crippen LogP contribution in [0.25, 0.3) is 0 Å². The molecule has 0 spiro atoms. The van der Waals surface area contributed by atoms with Crippen molar-refractivity contribution in [2.45, 2.75) is 26.3 Å².